The Kier molecular flexibility index (Phi) is 44.8. The lowest BCUT2D eigenvalue weighted by Gasteiger charge is -2.36. The molecule has 145 heavy (non-hydrogen) atoms. The molecule has 9 rings (SSSR count). The Balaban J connectivity index is 0.899. The number of aliphatic carboxylic acids is 1. The first kappa shape index (κ1) is 115. The first-order valence-corrected chi connectivity index (χ1v) is 50.2. The zero-order valence-electron chi connectivity index (χ0n) is 84.0. The van der Waals surface area contributed by atoms with Crippen molar-refractivity contribution in [1.82, 2.24) is 87.2 Å². The van der Waals surface area contributed by atoms with Crippen molar-refractivity contribution < 1.29 is 117 Å². The summed E-state index contributed by atoms with van der Waals surface area (Å²) in [7, 11) is 3.34. The van der Waals surface area contributed by atoms with E-state index in [9.17, 15) is 88.2 Å². The molecule has 2 aromatic heterocycles. The number of thioether (sulfide) groups is 1. The average molecular weight is 2030 g/mol. The van der Waals surface area contributed by atoms with Gasteiger partial charge < -0.3 is 138 Å². The third kappa shape index (κ3) is 33.2. The topological polar surface area (TPSA) is 599 Å². The average Bonchev–Trinajstić information content (AvgIpc) is 1.70. The van der Waals surface area contributed by atoms with E-state index in [1.165, 1.54) is 87.1 Å². The Bertz CT molecular complexity index is 5640. The number of likely N-dealkylation sites (tertiary alicyclic amines) is 2. The number of aromatic amines is 1. The molecule has 2 aliphatic rings. The van der Waals surface area contributed by atoms with Crippen molar-refractivity contribution in [2.24, 2.45) is 11.7 Å². The maximum absolute atomic E-state index is 15.7. The second-order valence-corrected chi connectivity index (χ2v) is 38.3. The number of nitrogens with two attached hydrogens (primary N) is 1. The maximum Gasteiger partial charge on any atom is 0.492 e. The molecule has 0 radical (unpaired) electrons. The molecular formula is C100H140B2N18O24S. The number of benzene rings is 5. The molecule has 20 N–H and O–H groups in total. The van der Waals surface area contributed by atoms with Crippen LogP contribution in [-0.2, 0) is 111 Å². The van der Waals surface area contributed by atoms with Crippen LogP contribution in [0.3, 0.4) is 0 Å². The number of hydrogen-bond donors (Lipinski definition) is 19. The number of nitrogens with one attached hydrogen (secondary N) is 11. The molecule has 45 heteroatoms. The molecule has 0 spiro atoms. The van der Waals surface area contributed by atoms with E-state index in [0.717, 1.165) is 32.2 Å². The summed E-state index contributed by atoms with van der Waals surface area (Å²) in [5, 5.41) is 101. The lowest BCUT2D eigenvalue weighted by Crippen LogP contribution is -2.60. The number of amides is 14. The number of β-amino-alcohol motifs (C(OH)–C–C–N with tert-alkyl or cyclic N) is 1. The van der Waals surface area contributed by atoms with Gasteiger partial charge in [-0.05, 0) is 122 Å². The Morgan fingerprint density at radius 2 is 1.20 bits per heavy atom. The van der Waals surface area contributed by atoms with E-state index in [4.69, 9.17) is 15.2 Å². The van der Waals surface area contributed by atoms with Crippen molar-refractivity contribution in [3.8, 4) is 17.2 Å². The van der Waals surface area contributed by atoms with Gasteiger partial charge in [0.1, 0.15) is 84.2 Å². The molecule has 786 valence electrons. The van der Waals surface area contributed by atoms with Crippen molar-refractivity contribution in [3.05, 3.63) is 149 Å². The molecule has 7 aromatic rings. The summed E-state index contributed by atoms with van der Waals surface area (Å²) in [6, 6.07) is 16.0. The summed E-state index contributed by atoms with van der Waals surface area (Å²) in [4.78, 5) is 225. The van der Waals surface area contributed by atoms with Gasteiger partial charge in [-0.3, -0.25) is 71.9 Å². The highest BCUT2D eigenvalue weighted by Crippen LogP contribution is 2.29. The Morgan fingerprint density at radius 1 is 0.614 bits per heavy atom. The summed E-state index contributed by atoms with van der Waals surface area (Å²) in [6.07, 6.45) is 3.96. The maximum atomic E-state index is 15.7. The summed E-state index contributed by atoms with van der Waals surface area (Å²) in [5.41, 5.74) is 9.93. The van der Waals surface area contributed by atoms with Crippen LogP contribution in [0, 0.1) is 5.92 Å². The van der Waals surface area contributed by atoms with Crippen molar-refractivity contribution in [2.75, 3.05) is 86.1 Å². The minimum atomic E-state index is -1.96. The number of fused-ring (bicyclic) bond motifs is 2. The van der Waals surface area contributed by atoms with Crippen LogP contribution >= 0.6 is 11.8 Å². The van der Waals surface area contributed by atoms with Gasteiger partial charge in [0.25, 0.3) is 0 Å². The first-order chi connectivity index (χ1) is 69.2. The number of phenolic OH excluding ortho intramolecular Hbond substituents is 1. The monoisotopic (exact) mass is 2030 g/mol. The van der Waals surface area contributed by atoms with Crippen molar-refractivity contribution >= 4 is 147 Å². The van der Waals surface area contributed by atoms with Gasteiger partial charge in [-0.15, -0.1) is 0 Å². The number of rotatable bonds is 58. The number of aromatic hydroxyl groups is 1. The summed E-state index contributed by atoms with van der Waals surface area (Å²) in [5.74, 6) is -10.8. The normalized spacial score (nSPS) is 15.8. The molecule has 0 bridgehead atoms. The van der Waals surface area contributed by atoms with Crippen LogP contribution in [0.1, 0.15) is 153 Å². The van der Waals surface area contributed by atoms with Gasteiger partial charge >= 0.3 is 20.2 Å². The molecule has 0 aliphatic carbocycles. The lowest BCUT2D eigenvalue weighted by atomic mass is 9.78. The van der Waals surface area contributed by atoms with E-state index in [1.54, 1.807) is 96.8 Å². The highest BCUT2D eigenvalue weighted by atomic mass is 32.2. The standard InChI is InChI=1S/C100H140B2N18O24S/c1-12-15-25-80(95(133)111-74(42-59(4)5)92(130)105-39-41-145-58-66(14-3)106-50-63-32-37-85(144-11)72(44-63)102(141)142)116(8)100(138)82(26-16-13-2)117(9)98(136)76(46-65-55-118(57-90(127)128)79-27-20-18-23-70(65)79)110-87(124)53-108-93(131)75(45-64-51-107-73-24-19-17-22-69(64)73)112-97(135)83-47-68(122)56-120(83)89(126)54-109-94(132)78(52-104-49-62-31-36-84(143-10)71(43-62)101(139)140)114-96(134)81-28-21-40-119(81)99(137)77(48-86(103)123)113-91(129)60(6)115(7)88(125)38-33-61-29-34-67(121)35-30-61/h17-20,22-24,27,29-32,34-37,43-44,51,55,59-60,66,68,74-78,80-83,104,106-107,121-122,139-142H,12-16,21,25-26,28,33,38-42,45-50,52-54,56-58H2,1-11H3,(H2,103,123)(H,105,130)(H,108,131)(H,109,132)(H,110,124)(H,111,133)(H,112,135)(H,113,129)(H,114,134)(H,127,128)/t60-,66?,68+,74-,75-,76-,77-,78-,80-,81?,82-,83?/m0/s1. The van der Waals surface area contributed by atoms with Gasteiger partial charge in [-0.1, -0.05) is 133 Å². The Morgan fingerprint density at radius 3 is 1.83 bits per heavy atom. The van der Waals surface area contributed by atoms with Crippen LogP contribution in [0.25, 0.3) is 21.8 Å². The minimum absolute atomic E-state index is 0.00148. The number of phenols is 1. The molecule has 3 unspecified atom stereocenters. The number of methoxy groups -OCH3 is 2. The number of carboxylic acids is 1. The van der Waals surface area contributed by atoms with E-state index in [2.05, 4.69) is 58.2 Å². The van der Waals surface area contributed by atoms with Crippen LogP contribution < -0.4 is 79.3 Å². The zero-order valence-corrected chi connectivity index (χ0v) is 84.9. The quantitative estimate of drug-likeness (QED) is 0.0166. The van der Waals surface area contributed by atoms with Crippen LogP contribution in [0.2, 0.25) is 0 Å². The van der Waals surface area contributed by atoms with Gasteiger partial charge in [0.2, 0.25) is 82.7 Å². The second kappa shape index (κ2) is 56.3. The van der Waals surface area contributed by atoms with Gasteiger partial charge in [0.05, 0.1) is 39.8 Å². The van der Waals surface area contributed by atoms with E-state index >= 15 is 19.2 Å². The molecule has 12 atom stereocenters. The van der Waals surface area contributed by atoms with Gasteiger partial charge in [-0.25, -0.2) is 0 Å². The molecule has 0 saturated carbocycles. The number of carboxylic acid groups (broad SMARTS) is 1. The van der Waals surface area contributed by atoms with E-state index in [-0.39, 0.29) is 118 Å². The summed E-state index contributed by atoms with van der Waals surface area (Å²) >= 11 is 1.62. The number of unbranched alkanes of at least 4 members (excludes halogenated alkanes) is 2. The number of aromatic nitrogens is 2. The number of hydrogen-bond acceptors (Lipinski definition) is 26. The number of aliphatic hydroxyl groups is 1. The fraction of sp³-hybridized carbons (Fsp3) is 0.510. The fourth-order valence-corrected chi connectivity index (χ4v) is 18.9. The van der Waals surface area contributed by atoms with Crippen LogP contribution in [0.15, 0.2) is 122 Å². The smallest absolute Gasteiger partial charge is 0.492 e. The number of H-pyrrole nitrogens is 1. The number of carbonyl (C=O) groups is 15. The Labute approximate surface area is 847 Å². The molecule has 14 amide bonds. The molecule has 2 saturated heterocycles. The number of aryl methyl sites for hydroxylation is 1. The number of aliphatic hydroxyl groups excluding tert-OH is 1. The number of primary amides is 1. The van der Waals surface area contributed by atoms with Gasteiger partial charge in [0.15, 0.2) is 0 Å². The molecule has 2 aliphatic heterocycles. The minimum Gasteiger partial charge on any atom is -0.508 e. The molecule has 42 nitrogen and oxygen atoms in total. The van der Waals surface area contributed by atoms with Crippen LogP contribution in [0.4, 0.5) is 0 Å². The van der Waals surface area contributed by atoms with E-state index in [1.807, 2.05) is 40.7 Å². The van der Waals surface area contributed by atoms with Gasteiger partial charge in [0, 0.05) is 149 Å². The highest BCUT2D eigenvalue weighted by molar-refractivity contribution is 7.99. The highest BCUT2D eigenvalue weighted by Gasteiger charge is 2.45. The van der Waals surface area contributed by atoms with Gasteiger partial charge in [-0.2, -0.15) is 11.8 Å². The predicted molar refractivity (Wildman–Crippen MR) is 545 cm³/mol. The fourth-order valence-electron chi connectivity index (χ4n) is 17.9. The summed E-state index contributed by atoms with van der Waals surface area (Å²) < 4.78 is 12.0. The SMILES string of the molecule is CCCC[C@@H](C(=O)N(C)[C@@H](CCCC)C(=O)N[C@@H](CC(C)C)C(=O)NCCSCC(CC)NCc1ccc(OC)c(B(O)O)c1)N(C)C(=O)[C@H](Cc1cn(CC(=O)O)c2ccccc12)NC(=O)CNC(=O)[C@H](Cc1c[nH]c2ccccc12)NC(=O)C1C[C@@H](O)CN1C(=O)CNC(=O)[C@H](CNCc1ccc(OC)c(B(O)O)c1)NC(=O)C1CCCN1C(=O)[C@H](CC(N)=O)NC(=O)[C@H](C)N(C)C(=O)CCc1ccc(O)cc1. The third-order valence-corrected chi connectivity index (χ3v) is 27.2. The van der Waals surface area contributed by atoms with Crippen molar-refractivity contribution in [1.29, 1.82) is 0 Å². The molecular weight excluding hydrogens is 1890 g/mol. The number of likely N-dealkylation sites (N-methyl/N-ethyl adjacent to an activating group) is 3. The second-order valence-electron chi connectivity index (χ2n) is 37.1. The molecule has 2 fully saturated rings. The number of carbonyl (C=O) groups excluding carboxylic acids is 14. The van der Waals surface area contributed by atoms with Crippen molar-refractivity contribution in [3.63, 3.8) is 0 Å². The van der Waals surface area contributed by atoms with E-state index < -0.39 is 209 Å². The third-order valence-electron chi connectivity index (χ3n) is 26.1. The van der Waals surface area contributed by atoms with Crippen LogP contribution in [0.5, 0.6) is 17.2 Å². The molecule has 4 heterocycles. The number of ether oxygens (including phenoxy) is 2. The molecule has 5 aromatic carbocycles. The summed E-state index contributed by atoms with van der Waals surface area (Å²) in [6.45, 7) is 8.58. The lowest BCUT2D eigenvalue weighted by molar-refractivity contribution is -0.149. The number of nitrogens with zero attached hydrogens (tertiary/aromatic N) is 6. The van der Waals surface area contributed by atoms with Crippen molar-refractivity contribution in [2.45, 2.75) is 236 Å². The van der Waals surface area contributed by atoms with Crippen LogP contribution in [-0.4, -0.2) is 331 Å². The Hall–Kier alpha value is -13.2. The van der Waals surface area contributed by atoms with E-state index in [0.29, 0.717) is 88.0 Å². The first-order valence-electron chi connectivity index (χ1n) is 49.1. The zero-order chi connectivity index (χ0) is 106. The predicted octanol–water partition coefficient (Wildman–Crippen LogP) is -0.673. The largest absolute Gasteiger partial charge is 0.508 e. The number of para-hydroxylation sites is 2.